The highest BCUT2D eigenvalue weighted by atomic mass is 35.5. The summed E-state index contributed by atoms with van der Waals surface area (Å²) in [6, 6.07) is 4.44. The Bertz CT molecular complexity index is 341. The van der Waals surface area contributed by atoms with Crippen molar-refractivity contribution in [1.29, 1.82) is 0 Å². The second-order valence-electron chi connectivity index (χ2n) is 4.27. The van der Waals surface area contributed by atoms with E-state index in [1.165, 1.54) is 12.1 Å². The van der Waals surface area contributed by atoms with E-state index in [-0.39, 0.29) is 11.7 Å². The van der Waals surface area contributed by atoms with E-state index in [1.807, 2.05) is 6.92 Å². The minimum Gasteiger partial charge on any atom is -0.393 e. The van der Waals surface area contributed by atoms with E-state index in [0.717, 1.165) is 12.8 Å². The van der Waals surface area contributed by atoms with Crippen LogP contribution in [0.2, 0.25) is 5.02 Å². The van der Waals surface area contributed by atoms with E-state index in [9.17, 15) is 9.50 Å². The van der Waals surface area contributed by atoms with E-state index in [1.54, 1.807) is 6.07 Å². The van der Waals surface area contributed by atoms with Gasteiger partial charge in [-0.25, -0.2) is 4.39 Å². The van der Waals surface area contributed by atoms with Crippen LogP contribution in [0.1, 0.15) is 32.3 Å². The van der Waals surface area contributed by atoms with Gasteiger partial charge in [0.2, 0.25) is 0 Å². The fourth-order valence-corrected chi connectivity index (χ4v) is 1.97. The molecule has 0 radical (unpaired) electrons. The fourth-order valence-electron chi connectivity index (χ4n) is 1.77. The van der Waals surface area contributed by atoms with E-state index < -0.39 is 6.10 Å². The Labute approximate surface area is 101 Å². The Balaban J connectivity index is 2.68. The zero-order valence-corrected chi connectivity index (χ0v) is 10.5. The summed E-state index contributed by atoms with van der Waals surface area (Å²) >= 11 is 5.79. The molecule has 1 aromatic carbocycles. The molecule has 1 rings (SSSR count). The molecular weight excluding hydrogens is 227 g/mol. The quantitative estimate of drug-likeness (QED) is 0.835. The molecule has 0 saturated carbocycles. The predicted molar refractivity (Wildman–Crippen MR) is 65.2 cm³/mol. The van der Waals surface area contributed by atoms with Gasteiger partial charge in [-0.2, -0.15) is 0 Å². The molecule has 16 heavy (non-hydrogen) atoms. The third-order valence-electron chi connectivity index (χ3n) is 2.84. The number of aliphatic hydroxyl groups excluding tert-OH is 1. The van der Waals surface area contributed by atoms with E-state index in [4.69, 9.17) is 11.6 Å². The summed E-state index contributed by atoms with van der Waals surface area (Å²) in [6.07, 6.45) is 1.79. The third kappa shape index (κ3) is 3.76. The van der Waals surface area contributed by atoms with Crippen LogP contribution in [-0.4, -0.2) is 11.2 Å². The lowest BCUT2D eigenvalue weighted by Gasteiger charge is -2.18. The lowest BCUT2D eigenvalue weighted by atomic mass is 9.94. The normalized spacial score (nSPS) is 14.8. The van der Waals surface area contributed by atoms with Gasteiger partial charge in [0.25, 0.3) is 0 Å². The largest absolute Gasteiger partial charge is 0.393 e. The summed E-state index contributed by atoms with van der Waals surface area (Å²) < 4.78 is 13.4. The molecule has 0 fully saturated rings. The minimum absolute atomic E-state index is 0.184. The maximum absolute atomic E-state index is 13.4. The summed E-state index contributed by atoms with van der Waals surface area (Å²) in [5.74, 6) is -0.115. The van der Waals surface area contributed by atoms with E-state index in [0.29, 0.717) is 17.0 Å². The van der Waals surface area contributed by atoms with Crippen molar-refractivity contribution in [2.45, 2.75) is 39.2 Å². The van der Waals surface area contributed by atoms with Crippen molar-refractivity contribution in [3.05, 3.63) is 34.6 Å². The molecule has 3 heteroatoms. The highest BCUT2D eigenvalue weighted by molar-refractivity contribution is 6.30. The van der Waals surface area contributed by atoms with Gasteiger partial charge in [-0.3, -0.25) is 0 Å². The monoisotopic (exact) mass is 244 g/mol. The van der Waals surface area contributed by atoms with Crippen molar-refractivity contribution in [2.24, 2.45) is 5.92 Å². The smallest absolute Gasteiger partial charge is 0.126 e. The summed E-state index contributed by atoms with van der Waals surface area (Å²) in [7, 11) is 0. The molecule has 0 aliphatic heterocycles. The fraction of sp³-hybridized carbons (Fsp3) is 0.538. The number of hydrogen-bond donors (Lipinski definition) is 1. The van der Waals surface area contributed by atoms with E-state index in [2.05, 4.69) is 6.92 Å². The Kier molecular flexibility index (Phi) is 5.23. The van der Waals surface area contributed by atoms with Crippen molar-refractivity contribution < 1.29 is 9.50 Å². The topological polar surface area (TPSA) is 20.2 Å². The molecule has 1 aromatic rings. The highest BCUT2D eigenvalue weighted by Gasteiger charge is 2.16. The van der Waals surface area contributed by atoms with Crippen LogP contribution in [0.5, 0.6) is 0 Å². The molecule has 1 nitrogen and oxygen atoms in total. The van der Waals surface area contributed by atoms with Gasteiger partial charge in [0.05, 0.1) is 6.10 Å². The van der Waals surface area contributed by atoms with Crippen molar-refractivity contribution in [3.63, 3.8) is 0 Å². The average Bonchev–Trinajstić information content (AvgIpc) is 2.23. The number of aliphatic hydroxyl groups is 1. The molecule has 0 bridgehead atoms. The van der Waals surface area contributed by atoms with Crippen LogP contribution in [0.15, 0.2) is 18.2 Å². The molecule has 2 atom stereocenters. The molecule has 0 saturated heterocycles. The summed E-state index contributed by atoms with van der Waals surface area (Å²) in [5.41, 5.74) is 0.489. The van der Waals surface area contributed by atoms with Gasteiger partial charge < -0.3 is 5.11 Å². The van der Waals surface area contributed by atoms with Gasteiger partial charge in [0.15, 0.2) is 0 Å². The van der Waals surface area contributed by atoms with Crippen LogP contribution in [-0.2, 0) is 6.42 Å². The molecule has 90 valence electrons. The maximum atomic E-state index is 13.4. The van der Waals surface area contributed by atoms with Crippen molar-refractivity contribution in [3.8, 4) is 0 Å². The standard InChI is InChI=1S/C13H18ClFO/c1-3-4-9(2)13(16)8-10-7-11(14)5-6-12(10)15/h5-7,9,13,16H,3-4,8H2,1-2H3. The number of rotatable bonds is 5. The van der Waals surface area contributed by atoms with Crippen molar-refractivity contribution in [2.75, 3.05) is 0 Å². The van der Waals surface area contributed by atoms with Gasteiger partial charge in [-0.15, -0.1) is 0 Å². The summed E-state index contributed by atoms with van der Waals surface area (Å²) in [5, 5.41) is 10.4. The van der Waals surface area contributed by atoms with Gasteiger partial charge in [-0.05, 0) is 36.1 Å². The van der Waals surface area contributed by atoms with Gasteiger partial charge in [0.1, 0.15) is 5.82 Å². The molecule has 1 N–H and O–H groups in total. The van der Waals surface area contributed by atoms with Gasteiger partial charge >= 0.3 is 0 Å². The SMILES string of the molecule is CCCC(C)C(O)Cc1cc(Cl)ccc1F. The Morgan fingerprint density at radius 2 is 2.12 bits per heavy atom. The molecule has 0 aromatic heterocycles. The molecule has 0 aliphatic rings. The molecule has 0 heterocycles. The second kappa shape index (κ2) is 6.21. The first-order chi connectivity index (χ1) is 7.54. The molecule has 0 amide bonds. The van der Waals surface area contributed by atoms with Crippen LogP contribution in [0.4, 0.5) is 4.39 Å². The summed E-state index contributed by atoms with van der Waals surface area (Å²) in [4.78, 5) is 0. The third-order valence-corrected chi connectivity index (χ3v) is 3.07. The molecular formula is C13H18ClFO. The zero-order chi connectivity index (χ0) is 12.1. The van der Waals surface area contributed by atoms with E-state index >= 15 is 0 Å². The van der Waals surface area contributed by atoms with Crippen molar-refractivity contribution >= 4 is 11.6 Å². The first-order valence-electron chi connectivity index (χ1n) is 5.66. The first kappa shape index (κ1) is 13.5. The van der Waals surface area contributed by atoms with Crippen LogP contribution in [0.3, 0.4) is 0 Å². The van der Waals surface area contributed by atoms with Crippen LogP contribution in [0.25, 0.3) is 0 Å². The van der Waals surface area contributed by atoms with Crippen LogP contribution in [0, 0.1) is 11.7 Å². The molecule has 0 aliphatic carbocycles. The lowest BCUT2D eigenvalue weighted by Crippen LogP contribution is -2.20. The van der Waals surface area contributed by atoms with Crippen LogP contribution < -0.4 is 0 Å². The second-order valence-corrected chi connectivity index (χ2v) is 4.71. The number of hydrogen-bond acceptors (Lipinski definition) is 1. The van der Waals surface area contributed by atoms with Gasteiger partial charge in [0, 0.05) is 11.4 Å². The van der Waals surface area contributed by atoms with Crippen molar-refractivity contribution in [1.82, 2.24) is 0 Å². The maximum Gasteiger partial charge on any atom is 0.126 e. The average molecular weight is 245 g/mol. The Morgan fingerprint density at radius 3 is 2.75 bits per heavy atom. The van der Waals surface area contributed by atoms with Crippen LogP contribution >= 0.6 is 11.6 Å². The first-order valence-corrected chi connectivity index (χ1v) is 6.04. The number of benzene rings is 1. The predicted octanol–water partition coefficient (Wildman–Crippen LogP) is 3.82. The number of halogens is 2. The highest BCUT2D eigenvalue weighted by Crippen LogP contribution is 2.20. The minimum atomic E-state index is -0.507. The molecule has 0 spiro atoms. The molecule has 2 unspecified atom stereocenters. The summed E-state index contributed by atoms with van der Waals surface area (Å²) in [6.45, 7) is 4.06. The Hall–Kier alpha value is -0.600. The Morgan fingerprint density at radius 1 is 1.44 bits per heavy atom. The lowest BCUT2D eigenvalue weighted by molar-refractivity contribution is 0.111. The zero-order valence-electron chi connectivity index (χ0n) is 9.71. The van der Waals surface area contributed by atoms with Gasteiger partial charge in [-0.1, -0.05) is 31.9 Å².